The number of nitrogens with one attached hydrogen (secondary N) is 2. The molecule has 0 atom stereocenters. The minimum Gasteiger partial charge on any atom is -0.346 e. The van der Waals surface area contributed by atoms with Crippen molar-refractivity contribution in [2.75, 3.05) is 5.32 Å². The van der Waals surface area contributed by atoms with Crippen molar-refractivity contribution in [1.29, 1.82) is 0 Å². The van der Waals surface area contributed by atoms with Gasteiger partial charge in [-0.2, -0.15) is 0 Å². The number of hydrogen-bond donors (Lipinski definition) is 3. The SMILES string of the molecule is O=C(CCCCCn1cc(C(=O)Nc2ccccc2)c(=O)c2ccccc21)NO. The number of anilines is 1. The number of fused-ring (bicyclic) bond motifs is 1. The Morgan fingerprint density at radius 2 is 1.66 bits per heavy atom. The molecule has 7 heteroatoms. The molecule has 1 heterocycles. The summed E-state index contributed by atoms with van der Waals surface area (Å²) in [6.07, 6.45) is 4.05. The summed E-state index contributed by atoms with van der Waals surface area (Å²) in [5.74, 6) is -0.848. The van der Waals surface area contributed by atoms with E-state index in [0.717, 1.165) is 18.4 Å². The number of hydrogen-bond acceptors (Lipinski definition) is 4. The Labute approximate surface area is 167 Å². The molecule has 7 nitrogen and oxygen atoms in total. The third-order valence-corrected chi connectivity index (χ3v) is 4.69. The summed E-state index contributed by atoms with van der Waals surface area (Å²) in [5.41, 5.74) is 2.80. The molecule has 150 valence electrons. The van der Waals surface area contributed by atoms with E-state index in [9.17, 15) is 14.4 Å². The number of hydroxylamine groups is 1. The third kappa shape index (κ3) is 5.08. The first-order chi connectivity index (χ1) is 14.1. The van der Waals surface area contributed by atoms with Gasteiger partial charge in [0.2, 0.25) is 11.3 Å². The van der Waals surface area contributed by atoms with E-state index in [4.69, 9.17) is 5.21 Å². The van der Waals surface area contributed by atoms with Crippen LogP contribution in [0.5, 0.6) is 0 Å². The number of aromatic nitrogens is 1. The lowest BCUT2D eigenvalue weighted by molar-refractivity contribution is -0.129. The van der Waals surface area contributed by atoms with Gasteiger partial charge in [0.05, 0.1) is 5.52 Å². The normalized spacial score (nSPS) is 10.7. The van der Waals surface area contributed by atoms with Gasteiger partial charge in [-0.1, -0.05) is 36.8 Å². The second-order valence-electron chi connectivity index (χ2n) is 6.75. The van der Waals surface area contributed by atoms with Gasteiger partial charge in [-0.15, -0.1) is 0 Å². The Balaban J connectivity index is 1.81. The molecule has 1 aromatic heterocycles. The predicted molar refractivity (Wildman–Crippen MR) is 111 cm³/mol. The molecular weight excluding hydrogens is 370 g/mol. The smallest absolute Gasteiger partial charge is 0.261 e. The zero-order valence-electron chi connectivity index (χ0n) is 15.9. The number of amides is 2. The first-order valence-electron chi connectivity index (χ1n) is 9.51. The summed E-state index contributed by atoms with van der Waals surface area (Å²) in [4.78, 5) is 36.7. The summed E-state index contributed by atoms with van der Waals surface area (Å²) in [5, 5.41) is 11.8. The topological polar surface area (TPSA) is 100 Å². The quantitative estimate of drug-likeness (QED) is 0.310. The fourth-order valence-corrected chi connectivity index (χ4v) is 3.21. The van der Waals surface area contributed by atoms with Crippen LogP contribution in [0.2, 0.25) is 0 Å². The number of aryl methyl sites for hydroxylation is 1. The second kappa shape index (κ2) is 9.66. The molecule has 2 aromatic carbocycles. The van der Waals surface area contributed by atoms with Crippen molar-refractivity contribution in [2.24, 2.45) is 0 Å². The van der Waals surface area contributed by atoms with E-state index in [1.165, 1.54) is 0 Å². The highest BCUT2D eigenvalue weighted by Crippen LogP contribution is 2.15. The van der Waals surface area contributed by atoms with Gasteiger partial charge in [-0.25, -0.2) is 5.48 Å². The predicted octanol–water partition coefficient (Wildman–Crippen LogP) is 3.32. The molecule has 0 aliphatic carbocycles. The van der Waals surface area contributed by atoms with Crippen molar-refractivity contribution >= 4 is 28.4 Å². The van der Waals surface area contributed by atoms with Crippen molar-refractivity contribution in [3.8, 4) is 0 Å². The van der Waals surface area contributed by atoms with Gasteiger partial charge in [0.1, 0.15) is 5.56 Å². The van der Waals surface area contributed by atoms with Crippen LogP contribution >= 0.6 is 0 Å². The monoisotopic (exact) mass is 393 g/mol. The first kappa shape index (κ1) is 20.3. The fourth-order valence-electron chi connectivity index (χ4n) is 3.21. The lowest BCUT2D eigenvalue weighted by Crippen LogP contribution is -2.24. The lowest BCUT2D eigenvalue weighted by atomic mass is 10.1. The van der Waals surface area contributed by atoms with Gasteiger partial charge in [0.25, 0.3) is 5.91 Å². The molecule has 0 radical (unpaired) electrons. The number of unbranched alkanes of at least 4 members (excludes halogenated alkanes) is 2. The summed E-state index contributed by atoms with van der Waals surface area (Å²) >= 11 is 0. The van der Waals surface area contributed by atoms with E-state index in [0.29, 0.717) is 24.0 Å². The van der Waals surface area contributed by atoms with Gasteiger partial charge >= 0.3 is 0 Å². The van der Waals surface area contributed by atoms with E-state index >= 15 is 0 Å². The lowest BCUT2D eigenvalue weighted by Gasteiger charge is -2.13. The van der Waals surface area contributed by atoms with Gasteiger partial charge in [-0.05, 0) is 37.1 Å². The van der Waals surface area contributed by atoms with Crippen molar-refractivity contribution in [2.45, 2.75) is 32.2 Å². The van der Waals surface area contributed by atoms with Crippen molar-refractivity contribution in [1.82, 2.24) is 10.0 Å². The molecule has 0 saturated heterocycles. The summed E-state index contributed by atoms with van der Waals surface area (Å²) in [6, 6.07) is 16.2. The van der Waals surface area contributed by atoms with Crippen LogP contribution in [0.1, 0.15) is 36.0 Å². The Morgan fingerprint density at radius 3 is 2.41 bits per heavy atom. The standard InChI is InChI=1S/C22H23N3O4/c26-20(24-29)13-5-2-8-14-25-15-18(21(27)17-11-6-7-12-19(17)25)22(28)23-16-9-3-1-4-10-16/h1,3-4,6-7,9-12,15,29H,2,5,8,13-14H2,(H,23,28)(H,24,26). The number of nitrogens with zero attached hydrogens (tertiary/aromatic N) is 1. The highest BCUT2D eigenvalue weighted by molar-refractivity contribution is 6.05. The molecule has 2 amide bonds. The molecule has 3 rings (SSSR count). The molecule has 0 bridgehead atoms. The van der Waals surface area contributed by atoms with Crippen molar-refractivity contribution < 1.29 is 14.8 Å². The third-order valence-electron chi connectivity index (χ3n) is 4.69. The maximum Gasteiger partial charge on any atom is 0.261 e. The fraction of sp³-hybridized carbons (Fsp3) is 0.227. The van der Waals surface area contributed by atoms with Gasteiger partial charge in [0.15, 0.2) is 0 Å². The van der Waals surface area contributed by atoms with Crippen LogP contribution in [-0.4, -0.2) is 21.6 Å². The number of carbonyl (C=O) groups excluding carboxylic acids is 2. The average Bonchev–Trinajstić information content (AvgIpc) is 2.75. The molecule has 0 aliphatic rings. The zero-order chi connectivity index (χ0) is 20.6. The second-order valence-corrected chi connectivity index (χ2v) is 6.75. The molecular formula is C22H23N3O4. The van der Waals surface area contributed by atoms with Crippen LogP contribution in [0.4, 0.5) is 5.69 Å². The van der Waals surface area contributed by atoms with Gasteiger partial charge in [-0.3, -0.25) is 19.6 Å². The maximum atomic E-state index is 12.9. The van der Waals surface area contributed by atoms with Crippen molar-refractivity contribution in [3.63, 3.8) is 0 Å². The van der Waals surface area contributed by atoms with Crippen LogP contribution in [0, 0.1) is 0 Å². The van der Waals surface area contributed by atoms with E-state index in [1.54, 1.807) is 35.9 Å². The number of carbonyl (C=O) groups is 2. The van der Waals surface area contributed by atoms with E-state index in [1.807, 2.05) is 34.9 Å². The minimum absolute atomic E-state index is 0.0900. The van der Waals surface area contributed by atoms with Crippen LogP contribution < -0.4 is 16.2 Å². The van der Waals surface area contributed by atoms with Crippen molar-refractivity contribution in [3.05, 3.63) is 76.6 Å². The molecule has 29 heavy (non-hydrogen) atoms. The van der Waals surface area contributed by atoms with Gasteiger partial charge in [0, 0.05) is 30.2 Å². The number of benzene rings is 2. The highest BCUT2D eigenvalue weighted by Gasteiger charge is 2.15. The van der Waals surface area contributed by atoms with E-state index in [-0.39, 0.29) is 17.4 Å². The van der Waals surface area contributed by atoms with E-state index < -0.39 is 11.8 Å². The largest absolute Gasteiger partial charge is 0.346 e. The minimum atomic E-state index is -0.444. The highest BCUT2D eigenvalue weighted by atomic mass is 16.5. The molecule has 0 saturated carbocycles. The Kier molecular flexibility index (Phi) is 6.76. The van der Waals surface area contributed by atoms with Crippen LogP contribution in [0.3, 0.4) is 0 Å². The maximum absolute atomic E-state index is 12.9. The summed E-state index contributed by atoms with van der Waals surface area (Å²) < 4.78 is 1.91. The summed E-state index contributed by atoms with van der Waals surface area (Å²) in [7, 11) is 0. The number of para-hydroxylation sites is 2. The molecule has 0 spiro atoms. The Hall–Kier alpha value is -3.45. The Bertz CT molecular complexity index is 1060. The van der Waals surface area contributed by atoms with Crippen LogP contribution in [-0.2, 0) is 11.3 Å². The first-order valence-corrected chi connectivity index (χ1v) is 9.51. The molecule has 0 unspecified atom stereocenters. The van der Waals surface area contributed by atoms with E-state index in [2.05, 4.69) is 5.32 Å². The van der Waals surface area contributed by atoms with Crippen LogP contribution in [0.15, 0.2) is 65.6 Å². The number of rotatable bonds is 8. The number of pyridine rings is 1. The van der Waals surface area contributed by atoms with Crippen LogP contribution in [0.25, 0.3) is 10.9 Å². The average molecular weight is 393 g/mol. The molecule has 3 aromatic rings. The molecule has 0 aliphatic heterocycles. The zero-order valence-corrected chi connectivity index (χ0v) is 15.9. The summed E-state index contributed by atoms with van der Waals surface area (Å²) in [6.45, 7) is 0.604. The van der Waals surface area contributed by atoms with Gasteiger partial charge < -0.3 is 9.88 Å². The molecule has 3 N–H and O–H groups in total. The molecule has 0 fully saturated rings. The Morgan fingerprint density at radius 1 is 0.931 bits per heavy atom.